The summed E-state index contributed by atoms with van der Waals surface area (Å²) in [6.45, 7) is 1.74. The Morgan fingerprint density at radius 1 is 1.29 bits per heavy atom. The van der Waals surface area contributed by atoms with E-state index in [9.17, 15) is 4.79 Å². The Bertz CT molecular complexity index is 259. The molecule has 1 fully saturated rings. The first-order valence-corrected chi connectivity index (χ1v) is 5.57. The smallest absolute Gasteiger partial charge is 0.147 e. The molecule has 2 nitrogen and oxygen atoms in total. The van der Waals surface area contributed by atoms with Crippen LogP contribution >= 0.6 is 0 Å². The van der Waals surface area contributed by atoms with E-state index in [4.69, 9.17) is 0 Å². The topological polar surface area (TPSA) is 20.3 Å². The molecule has 3 unspecified atom stereocenters. The largest absolute Gasteiger partial charge is 0.298 e. The molecule has 1 aliphatic carbocycles. The number of ketones is 1. The van der Waals surface area contributed by atoms with Gasteiger partial charge in [-0.05, 0) is 45.6 Å². The fourth-order valence-corrected chi connectivity index (χ4v) is 3.00. The van der Waals surface area contributed by atoms with Gasteiger partial charge in [-0.3, -0.25) is 9.69 Å². The standard InChI is InChI=1S/C12H19NO/c1-9(14)12-10-5-3-4-6-11(8-7-10)13(12)2/h3-4,10-12H,5-8H2,1-2H3. The van der Waals surface area contributed by atoms with Gasteiger partial charge in [0.2, 0.25) is 0 Å². The number of hydrogen-bond donors (Lipinski definition) is 0. The van der Waals surface area contributed by atoms with Crippen molar-refractivity contribution in [2.45, 2.75) is 44.7 Å². The monoisotopic (exact) mass is 193 g/mol. The molecule has 14 heavy (non-hydrogen) atoms. The van der Waals surface area contributed by atoms with Gasteiger partial charge in [0.15, 0.2) is 0 Å². The molecule has 0 amide bonds. The van der Waals surface area contributed by atoms with Crippen LogP contribution in [-0.2, 0) is 4.79 Å². The number of nitrogens with zero attached hydrogens (tertiary/aromatic N) is 1. The lowest BCUT2D eigenvalue weighted by Crippen LogP contribution is -2.52. The van der Waals surface area contributed by atoms with Crippen LogP contribution in [0.15, 0.2) is 12.2 Å². The highest BCUT2D eigenvalue weighted by Gasteiger charge is 2.37. The molecule has 78 valence electrons. The maximum atomic E-state index is 11.6. The third-order valence-electron chi connectivity index (χ3n) is 3.76. The van der Waals surface area contributed by atoms with Crippen molar-refractivity contribution in [3.05, 3.63) is 12.2 Å². The molecule has 0 aromatic carbocycles. The number of allylic oxidation sites excluding steroid dienone is 1. The van der Waals surface area contributed by atoms with Crippen molar-refractivity contribution in [3.63, 3.8) is 0 Å². The van der Waals surface area contributed by atoms with Crippen LogP contribution in [0.3, 0.4) is 0 Å². The lowest BCUT2D eigenvalue weighted by molar-refractivity contribution is -0.126. The summed E-state index contributed by atoms with van der Waals surface area (Å²) >= 11 is 0. The van der Waals surface area contributed by atoms with Gasteiger partial charge >= 0.3 is 0 Å². The summed E-state index contributed by atoms with van der Waals surface area (Å²) in [7, 11) is 2.11. The van der Waals surface area contributed by atoms with Crippen molar-refractivity contribution in [3.8, 4) is 0 Å². The number of Topliss-reactive ketones (excluding diaryl/α,β-unsaturated/α-hetero) is 1. The number of likely N-dealkylation sites (N-methyl/N-ethyl adjacent to an activating group) is 1. The maximum Gasteiger partial charge on any atom is 0.147 e. The molecule has 0 aromatic rings. The predicted octanol–water partition coefficient (Wildman–Crippen LogP) is 2.00. The number of carbonyl (C=O) groups excluding carboxylic acids is 1. The molecule has 0 saturated carbocycles. The normalized spacial score (nSPS) is 38.0. The Balaban J connectivity index is 2.25. The molecule has 1 saturated heterocycles. The van der Waals surface area contributed by atoms with Gasteiger partial charge in [0, 0.05) is 6.04 Å². The van der Waals surface area contributed by atoms with Gasteiger partial charge < -0.3 is 0 Å². The molecule has 2 heterocycles. The summed E-state index contributed by atoms with van der Waals surface area (Å²) in [5, 5.41) is 0. The summed E-state index contributed by atoms with van der Waals surface area (Å²) in [5.74, 6) is 0.905. The minimum atomic E-state index is 0.179. The van der Waals surface area contributed by atoms with E-state index in [1.165, 1.54) is 12.8 Å². The second-order valence-electron chi connectivity index (χ2n) is 4.66. The number of piperidine rings is 1. The first-order chi connectivity index (χ1) is 6.70. The van der Waals surface area contributed by atoms with Crippen LogP contribution in [-0.4, -0.2) is 29.8 Å². The van der Waals surface area contributed by atoms with E-state index in [-0.39, 0.29) is 6.04 Å². The Morgan fingerprint density at radius 2 is 2.00 bits per heavy atom. The van der Waals surface area contributed by atoms with E-state index in [0.717, 1.165) is 12.8 Å². The second kappa shape index (κ2) is 3.85. The van der Waals surface area contributed by atoms with E-state index in [0.29, 0.717) is 17.7 Å². The van der Waals surface area contributed by atoms with Gasteiger partial charge in [0.25, 0.3) is 0 Å². The van der Waals surface area contributed by atoms with Crippen LogP contribution in [0.5, 0.6) is 0 Å². The second-order valence-corrected chi connectivity index (χ2v) is 4.66. The molecule has 0 spiro atoms. The van der Waals surface area contributed by atoms with Crippen molar-refractivity contribution in [2.75, 3.05) is 7.05 Å². The molecular weight excluding hydrogens is 174 g/mol. The summed E-state index contributed by atoms with van der Waals surface area (Å²) in [6, 6.07) is 0.774. The Labute approximate surface area is 86.0 Å². The molecule has 3 atom stereocenters. The van der Waals surface area contributed by atoms with Crippen molar-refractivity contribution in [2.24, 2.45) is 5.92 Å². The van der Waals surface area contributed by atoms with Crippen LogP contribution in [0.25, 0.3) is 0 Å². The molecule has 2 aliphatic heterocycles. The highest BCUT2D eigenvalue weighted by Crippen LogP contribution is 2.33. The first-order valence-electron chi connectivity index (χ1n) is 5.57. The number of hydrogen-bond acceptors (Lipinski definition) is 2. The van der Waals surface area contributed by atoms with Gasteiger partial charge in [-0.15, -0.1) is 0 Å². The van der Waals surface area contributed by atoms with Crippen molar-refractivity contribution >= 4 is 5.78 Å². The van der Waals surface area contributed by atoms with Gasteiger partial charge in [0.05, 0.1) is 6.04 Å². The van der Waals surface area contributed by atoms with Crippen LogP contribution in [0.1, 0.15) is 32.6 Å². The summed E-state index contributed by atoms with van der Waals surface area (Å²) < 4.78 is 0. The highest BCUT2D eigenvalue weighted by molar-refractivity contribution is 5.82. The Morgan fingerprint density at radius 3 is 2.71 bits per heavy atom. The average Bonchev–Trinajstić information content (AvgIpc) is 2.06. The Kier molecular flexibility index (Phi) is 2.73. The van der Waals surface area contributed by atoms with Gasteiger partial charge in [-0.2, -0.15) is 0 Å². The van der Waals surface area contributed by atoms with E-state index >= 15 is 0 Å². The molecule has 2 bridgehead atoms. The highest BCUT2D eigenvalue weighted by atomic mass is 16.1. The summed E-state index contributed by atoms with van der Waals surface area (Å²) in [5.41, 5.74) is 0. The quantitative estimate of drug-likeness (QED) is 0.594. The molecule has 3 rings (SSSR count). The lowest BCUT2D eigenvalue weighted by atomic mass is 9.79. The first kappa shape index (κ1) is 9.91. The van der Waals surface area contributed by atoms with E-state index in [1.807, 2.05) is 0 Å². The van der Waals surface area contributed by atoms with Gasteiger partial charge in [-0.1, -0.05) is 12.2 Å². The maximum absolute atomic E-state index is 11.6. The zero-order valence-electron chi connectivity index (χ0n) is 9.07. The van der Waals surface area contributed by atoms with Crippen LogP contribution in [0.4, 0.5) is 0 Å². The van der Waals surface area contributed by atoms with E-state index < -0.39 is 0 Å². The molecule has 2 heteroatoms. The average molecular weight is 193 g/mol. The number of fused-ring (bicyclic) bond motifs is 4. The van der Waals surface area contributed by atoms with E-state index in [1.54, 1.807) is 6.92 Å². The zero-order valence-corrected chi connectivity index (χ0v) is 9.07. The minimum absolute atomic E-state index is 0.179. The van der Waals surface area contributed by atoms with Gasteiger partial charge in [-0.25, -0.2) is 0 Å². The van der Waals surface area contributed by atoms with E-state index in [2.05, 4.69) is 24.1 Å². The van der Waals surface area contributed by atoms with Crippen molar-refractivity contribution in [1.29, 1.82) is 0 Å². The lowest BCUT2D eigenvalue weighted by Gasteiger charge is -2.44. The fraction of sp³-hybridized carbons (Fsp3) is 0.750. The minimum Gasteiger partial charge on any atom is -0.298 e. The zero-order chi connectivity index (χ0) is 10.1. The molecule has 3 aliphatic rings. The molecular formula is C12H19NO. The third-order valence-corrected chi connectivity index (χ3v) is 3.76. The Hall–Kier alpha value is -0.630. The van der Waals surface area contributed by atoms with Crippen LogP contribution in [0.2, 0.25) is 0 Å². The number of carbonyl (C=O) groups is 1. The van der Waals surface area contributed by atoms with Gasteiger partial charge in [0.1, 0.15) is 5.78 Å². The summed E-state index contributed by atoms with van der Waals surface area (Å²) in [6.07, 6.45) is 9.23. The molecule has 0 radical (unpaired) electrons. The fourth-order valence-electron chi connectivity index (χ4n) is 3.00. The van der Waals surface area contributed by atoms with Crippen molar-refractivity contribution in [1.82, 2.24) is 4.90 Å². The molecule has 0 aromatic heterocycles. The molecule has 0 N–H and O–H groups in total. The summed E-state index contributed by atoms with van der Waals surface area (Å²) in [4.78, 5) is 13.9. The third kappa shape index (κ3) is 1.63. The predicted molar refractivity (Wildman–Crippen MR) is 57.1 cm³/mol. The number of rotatable bonds is 1. The SMILES string of the molecule is CC(=O)C1C2CC=CCC(CC2)N1C. The van der Waals surface area contributed by atoms with Crippen molar-refractivity contribution < 1.29 is 4.79 Å². The van der Waals surface area contributed by atoms with Crippen LogP contribution < -0.4 is 0 Å². The van der Waals surface area contributed by atoms with Crippen LogP contribution in [0, 0.1) is 5.92 Å².